The second-order valence-electron chi connectivity index (χ2n) is 12.2. The number of benzene rings is 2. The number of sulfone groups is 1. The van der Waals surface area contributed by atoms with Gasteiger partial charge in [0.2, 0.25) is 5.91 Å². The fraction of sp³-hybridized carbons (Fsp3) is 0.455. The Balaban J connectivity index is 1.72. The van der Waals surface area contributed by atoms with Crippen LogP contribution in [0.3, 0.4) is 0 Å². The van der Waals surface area contributed by atoms with Gasteiger partial charge in [-0.15, -0.1) is 0 Å². The SMILES string of the molecule is CCS(=O)(=O)c1ccc(Oc2c(C)cccc2C)c(-c2cn(C)c(=O)cc2OC2CCC(NC(=O)C(C)(C)C)CC2)c1. The van der Waals surface area contributed by atoms with Gasteiger partial charge in [0.15, 0.2) is 9.84 Å². The van der Waals surface area contributed by atoms with Crippen molar-refractivity contribution in [2.45, 2.75) is 84.3 Å². The topological polar surface area (TPSA) is 104 Å². The maximum Gasteiger partial charge on any atom is 0.254 e. The molecule has 0 atom stereocenters. The van der Waals surface area contributed by atoms with E-state index < -0.39 is 15.3 Å². The van der Waals surface area contributed by atoms with Gasteiger partial charge in [-0.1, -0.05) is 45.9 Å². The molecule has 0 spiro atoms. The van der Waals surface area contributed by atoms with Gasteiger partial charge >= 0.3 is 0 Å². The second-order valence-corrected chi connectivity index (χ2v) is 14.5. The summed E-state index contributed by atoms with van der Waals surface area (Å²) in [6.07, 6.45) is 4.45. The van der Waals surface area contributed by atoms with Crippen molar-refractivity contribution >= 4 is 15.7 Å². The molecule has 42 heavy (non-hydrogen) atoms. The molecule has 1 aromatic heterocycles. The van der Waals surface area contributed by atoms with E-state index in [-0.39, 0.29) is 34.3 Å². The summed E-state index contributed by atoms with van der Waals surface area (Å²) in [6.45, 7) is 11.2. The van der Waals surface area contributed by atoms with Crippen LogP contribution in [0.15, 0.2) is 58.4 Å². The number of carbonyl (C=O) groups is 1. The van der Waals surface area contributed by atoms with E-state index in [9.17, 15) is 18.0 Å². The lowest BCUT2D eigenvalue weighted by Gasteiger charge is -2.32. The highest BCUT2D eigenvalue weighted by Crippen LogP contribution is 2.41. The number of ether oxygens (including phenoxy) is 2. The Morgan fingerprint density at radius 3 is 2.21 bits per heavy atom. The summed E-state index contributed by atoms with van der Waals surface area (Å²) in [5.74, 6) is 1.50. The Hall–Kier alpha value is -3.59. The molecule has 1 aliphatic rings. The molecule has 2 aromatic carbocycles. The Kier molecular flexibility index (Phi) is 9.21. The van der Waals surface area contributed by atoms with Crippen LogP contribution in [-0.4, -0.2) is 36.8 Å². The Bertz CT molecular complexity index is 1610. The van der Waals surface area contributed by atoms with E-state index in [0.717, 1.165) is 24.0 Å². The average Bonchev–Trinajstić information content (AvgIpc) is 2.93. The van der Waals surface area contributed by atoms with Crippen molar-refractivity contribution in [2.75, 3.05) is 5.75 Å². The molecular formula is C33H42N2O6S. The van der Waals surface area contributed by atoms with Crippen molar-refractivity contribution < 1.29 is 22.7 Å². The molecule has 3 aromatic rings. The van der Waals surface area contributed by atoms with Gasteiger partial charge in [0.1, 0.15) is 17.2 Å². The van der Waals surface area contributed by atoms with Crippen molar-refractivity contribution in [1.82, 2.24) is 9.88 Å². The van der Waals surface area contributed by atoms with E-state index >= 15 is 0 Å². The molecule has 1 saturated carbocycles. The number of aromatic nitrogens is 1. The predicted octanol–water partition coefficient (Wildman–Crippen LogP) is 6.11. The van der Waals surface area contributed by atoms with E-state index in [0.29, 0.717) is 41.2 Å². The molecule has 0 radical (unpaired) electrons. The van der Waals surface area contributed by atoms with Gasteiger partial charge in [0.25, 0.3) is 5.56 Å². The quantitative estimate of drug-likeness (QED) is 0.338. The smallest absolute Gasteiger partial charge is 0.254 e. The number of amides is 1. The largest absolute Gasteiger partial charge is 0.490 e. The normalized spacial score (nSPS) is 17.5. The molecule has 1 amide bonds. The zero-order chi connectivity index (χ0) is 30.8. The molecule has 1 fully saturated rings. The monoisotopic (exact) mass is 594 g/mol. The summed E-state index contributed by atoms with van der Waals surface area (Å²) in [6, 6.07) is 12.2. The number of nitrogens with one attached hydrogen (secondary N) is 1. The number of hydrogen-bond acceptors (Lipinski definition) is 6. The van der Waals surface area contributed by atoms with E-state index in [4.69, 9.17) is 9.47 Å². The zero-order valence-corrected chi connectivity index (χ0v) is 26.4. The summed E-state index contributed by atoms with van der Waals surface area (Å²) in [7, 11) is -1.87. The number of nitrogens with zero attached hydrogens (tertiary/aromatic N) is 1. The van der Waals surface area contributed by atoms with Gasteiger partial charge < -0.3 is 19.4 Å². The third-order valence-corrected chi connectivity index (χ3v) is 9.51. The fourth-order valence-corrected chi connectivity index (χ4v) is 5.96. The molecule has 226 valence electrons. The Morgan fingerprint density at radius 1 is 0.976 bits per heavy atom. The molecule has 1 aliphatic carbocycles. The molecule has 1 heterocycles. The molecule has 4 rings (SSSR count). The highest BCUT2D eigenvalue weighted by molar-refractivity contribution is 7.91. The second kappa shape index (κ2) is 12.3. The standard InChI is InChI=1S/C33H42N2O6S/c1-8-42(38,39)25-16-17-28(41-31-21(2)10-9-11-22(31)3)26(18-25)27-20-35(7)30(36)19-29(27)40-24-14-12-23(13-15-24)34-32(37)33(4,5)6/h9-11,16-20,23-24H,8,12-15H2,1-7H3,(H,34,37). The lowest BCUT2D eigenvalue weighted by Crippen LogP contribution is -2.44. The maximum absolute atomic E-state index is 12.9. The average molecular weight is 595 g/mol. The van der Waals surface area contributed by atoms with Crippen LogP contribution < -0.4 is 20.3 Å². The zero-order valence-electron chi connectivity index (χ0n) is 25.6. The molecule has 1 N–H and O–H groups in total. The predicted molar refractivity (Wildman–Crippen MR) is 165 cm³/mol. The minimum absolute atomic E-state index is 0.0269. The molecule has 0 aliphatic heterocycles. The number of pyridine rings is 1. The summed E-state index contributed by atoms with van der Waals surface area (Å²) < 4.78 is 40.2. The summed E-state index contributed by atoms with van der Waals surface area (Å²) in [5.41, 5.74) is 2.27. The van der Waals surface area contributed by atoms with Gasteiger partial charge in [-0.05, 0) is 68.9 Å². The number of para-hydroxylation sites is 1. The van der Waals surface area contributed by atoms with Gasteiger partial charge in [-0.25, -0.2) is 8.42 Å². The Labute approximate surface area is 249 Å². The van der Waals surface area contributed by atoms with Crippen molar-refractivity contribution in [2.24, 2.45) is 12.5 Å². The van der Waals surface area contributed by atoms with Gasteiger partial charge in [-0.2, -0.15) is 0 Å². The summed E-state index contributed by atoms with van der Waals surface area (Å²) in [5, 5.41) is 3.14. The molecular weight excluding hydrogens is 552 g/mol. The molecule has 0 bridgehead atoms. The van der Waals surface area contributed by atoms with Crippen LogP contribution in [0.1, 0.15) is 64.5 Å². The van der Waals surface area contributed by atoms with Crippen LogP contribution in [-0.2, 0) is 21.7 Å². The number of carbonyl (C=O) groups excluding carboxylic acids is 1. The lowest BCUT2D eigenvalue weighted by atomic mass is 9.90. The number of rotatable bonds is 8. The van der Waals surface area contributed by atoms with Crippen molar-refractivity contribution in [3.63, 3.8) is 0 Å². The van der Waals surface area contributed by atoms with Crippen LogP contribution in [0, 0.1) is 19.3 Å². The summed E-state index contributed by atoms with van der Waals surface area (Å²) in [4.78, 5) is 25.4. The minimum atomic E-state index is -3.52. The van der Waals surface area contributed by atoms with Crippen molar-refractivity contribution in [1.29, 1.82) is 0 Å². The highest BCUT2D eigenvalue weighted by Gasteiger charge is 2.29. The molecule has 0 unspecified atom stereocenters. The van der Waals surface area contributed by atoms with Crippen LogP contribution in [0.25, 0.3) is 11.1 Å². The molecule has 9 heteroatoms. The van der Waals surface area contributed by atoms with Crippen LogP contribution in [0.4, 0.5) is 0 Å². The van der Waals surface area contributed by atoms with Crippen LogP contribution >= 0.6 is 0 Å². The van der Waals surface area contributed by atoms with E-state index in [1.54, 1.807) is 38.4 Å². The highest BCUT2D eigenvalue weighted by atomic mass is 32.2. The number of hydrogen-bond donors (Lipinski definition) is 1. The van der Waals surface area contributed by atoms with E-state index in [1.165, 1.54) is 10.6 Å². The molecule has 0 saturated heterocycles. The third kappa shape index (κ3) is 7.06. The van der Waals surface area contributed by atoms with Crippen LogP contribution in [0.5, 0.6) is 17.2 Å². The van der Waals surface area contributed by atoms with E-state index in [2.05, 4.69) is 5.32 Å². The lowest BCUT2D eigenvalue weighted by molar-refractivity contribution is -0.129. The van der Waals surface area contributed by atoms with Gasteiger partial charge in [0, 0.05) is 41.9 Å². The minimum Gasteiger partial charge on any atom is -0.490 e. The van der Waals surface area contributed by atoms with E-state index in [1.807, 2.05) is 52.8 Å². The third-order valence-electron chi connectivity index (χ3n) is 7.78. The number of aryl methyl sites for hydroxylation is 3. The van der Waals surface area contributed by atoms with Crippen molar-refractivity contribution in [3.8, 4) is 28.4 Å². The first-order valence-electron chi connectivity index (χ1n) is 14.5. The first-order chi connectivity index (χ1) is 19.7. The van der Waals surface area contributed by atoms with Gasteiger partial charge in [-0.3, -0.25) is 9.59 Å². The Morgan fingerprint density at radius 2 is 1.62 bits per heavy atom. The fourth-order valence-electron chi connectivity index (χ4n) is 5.06. The van der Waals surface area contributed by atoms with Crippen LogP contribution in [0.2, 0.25) is 0 Å². The van der Waals surface area contributed by atoms with Crippen molar-refractivity contribution in [3.05, 3.63) is 70.1 Å². The maximum atomic E-state index is 12.9. The molecule has 8 nitrogen and oxygen atoms in total. The summed E-state index contributed by atoms with van der Waals surface area (Å²) >= 11 is 0. The first-order valence-corrected chi connectivity index (χ1v) is 16.1. The van der Waals surface area contributed by atoms with Gasteiger partial charge in [0.05, 0.1) is 16.8 Å². The first kappa shape index (κ1) is 31.3.